The van der Waals surface area contributed by atoms with Crippen molar-refractivity contribution in [3.63, 3.8) is 0 Å². The molecule has 0 heterocycles. The molecule has 1 saturated carbocycles. The largest absolute Gasteiger partial charge is 0.395 e. The lowest BCUT2D eigenvalue weighted by Gasteiger charge is -2.36. The third-order valence-electron chi connectivity index (χ3n) is 3.95. The maximum Gasteiger partial charge on any atom is 0.161 e. The zero-order chi connectivity index (χ0) is 13.7. The van der Waals surface area contributed by atoms with Gasteiger partial charge in [-0.1, -0.05) is 31.4 Å². The molecular formula is C16H23NO2. The number of carbonyl (C=O) groups excluding carboxylic acids is 1. The summed E-state index contributed by atoms with van der Waals surface area (Å²) in [5.41, 5.74) is 1.75. The van der Waals surface area contributed by atoms with Gasteiger partial charge in [-0.25, -0.2) is 0 Å². The molecule has 0 saturated heterocycles. The van der Waals surface area contributed by atoms with E-state index in [1.165, 1.54) is 19.3 Å². The van der Waals surface area contributed by atoms with E-state index in [9.17, 15) is 9.90 Å². The number of aliphatic hydroxyl groups excluding tert-OH is 1. The molecule has 3 nitrogen and oxygen atoms in total. The average Bonchev–Trinajstić information content (AvgIpc) is 2.45. The zero-order valence-corrected chi connectivity index (χ0v) is 11.6. The van der Waals surface area contributed by atoms with Crippen molar-refractivity contribution in [1.29, 1.82) is 0 Å². The second kappa shape index (κ2) is 6.71. The predicted molar refractivity (Wildman–Crippen MR) is 77.8 cm³/mol. The van der Waals surface area contributed by atoms with Crippen molar-refractivity contribution in [3.05, 3.63) is 29.8 Å². The number of Topliss-reactive ketones (excluding diaryl/α,β-unsaturated/α-hetero) is 1. The molecule has 104 valence electrons. The standard InChI is InChI=1S/C16H23NO2/c1-13(19)15-9-5-6-10-16(15)17(11-12-18)14-7-3-2-4-8-14/h5-6,9-10,14,18H,2-4,7-8,11-12H2,1H3. The van der Waals surface area contributed by atoms with E-state index in [4.69, 9.17) is 0 Å². The summed E-state index contributed by atoms with van der Waals surface area (Å²) < 4.78 is 0. The topological polar surface area (TPSA) is 40.5 Å². The molecule has 0 amide bonds. The Morgan fingerprint density at radius 3 is 2.58 bits per heavy atom. The molecule has 1 aromatic rings. The van der Waals surface area contributed by atoms with E-state index in [0.29, 0.717) is 12.6 Å². The van der Waals surface area contributed by atoms with Crippen LogP contribution in [0.3, 0.4) is 0 Å². The Morgan fingerprint density at radius 1 is 1.26 bits per heavy atom. The van der Waals surface area contributed by atoms with Crippen molar-refractivity contribution in [3.8, 4) is 0 Å². The number of para-hydroxylation sites is 1. The molecule has 1 fully saturated rings. The van der Waals surface area contributed by atoms with Gasteiger partial charge in [-0.2, -0.15) is 0 Å². The zero-order valence-electron chi connectivity index (χ0n) is 11.6. The summed E-state index contributed by atoms with van der Waals surface area (Å²) >= 11 is 0. The van der Waals surface area contributed by atoms with Gasteiger partial charge in [0.15, 0.2) is 5.78 Å². The number of ketones is 1. The number of hydrogen-bond acceptors (Lipinski definition) is 3. The third-order valence-corrected chi connectivity index (χ3v) is 3.95. The lowest BCUT2D eigenvalue weighted by molar-refractivity contribution is 0.101. The Balaban J connectivity index is 2.29. The van der Waals surface area contributed by atoms with Crippen molar-refractivity contribution in [2.75, 3.05) is 18.1 Å². The molecule has 0 atom stereocenters. The van der Waals surface area contributed by atoms with Crippen LogP contribution < -0.4 is 4.90 Å². The number of hydrogen-bond donors (Lipinski definition) is 1. The fourth-order valence-electron chi connectivity index (χ4n) is 3.02. The quantitative estimate of drug-likeness (QED) is 0.828. The molecule has 0 unspecified atom stereocenters. The van der Waals surface area contributed by atoms with Gasteiger partial charge in [-0.15, -0.1) is 0 Å². The van der Waals surface area contributed by atoms with E-state index >= 15 is 0 Å². The van der Waals surface area contributed by atoms with Crippen molar-refractivity contribution in [2.24, 2.45) is 0 Å². The minimum Gasteiger partial charge on any atom is -0.395 e. The number of aliphatic hydroxyl groups is 1. The maximum absolute atomic E-state index is 11.8. The molecule has 0 radical (unpaired) electrons. The molecule has 3 heteroatoms. The summed E-state index contributed by atoms with van der Waals surface area (Å²) in [6.07, 6.45) is 6.11. The summed E-state index contributed by atoms with van der Waals surface area (Å²) in [6.45, 7) is 2.34. The normalized spacial score (nSPS) is 16.3. The first-order valence-electron chi connectivity index (χ1n) is 7.21. The van der Waals surface area contributed by atoms with Gasteiger partial charge in [0.25, 0.3) is 0 Å². The van der Waals surface area contributed by atoms with Crippen LogP contribution in [0.2, 0.25) is 0 Å². The van der Waals surface area contributed by atoms with E-state index in [1.54, 1.807) is 6.92 Å². The number of nitrogens with zero attached hydrogens (tertiary/aromatic N) is 1. The lowest BCUT2D eigenvalue weighted by Crippen LogP contribution is -2.39. The molecule has 1 aliphatic carbocycles. The minimum absolute atomic E-state index is 0.0920. The Kier molecular flexibility index (Phi) is 4.97. The highest BCUT2D eigenvalue weighted by Gasteiger charge is 2.23. The smallest absolute Gasteiger partial charge is 0.161 e. The van der Waals surface area contributed by atoms with Crippen LogP contribution in [0.4, 0.5) is 5.69 Å². The minimum atomic E-state index is 0.0920. The van der Waals surface area contributed by atoms with E-state index in [1.807, 2.05) is 24.3 Å². The Bertz CT molecular complexity index is 425. The van der Waals surface area contributed by atoms with Crippen LogP contribution in [0.1, 0.15) is 49.4 Å². The molecule has 0 spiro atoms. The summed E-state index contributed by atoms with van der Waals surface area (Å²) in [5, 5.41) is 9.33. The van der Waals surface area contributed by atoms with Crippen LogP contribution in [0.5, 0.6) is 0 Å². The van der Waals surface area contributed by atoms with Gasteiger partial charge < -0.3 is 10.0 Å². The molecule has 0 bridgehead atoms. The molecular weight excluding hydrogens is 238 g/mol. The summed E-state index contributed by atoms with van der Waals surface area (Å²) in [6, 6.07) is 8.21. The molecule has 2 rings (SSSR count). The highest BCUT2D eigenvalue weighted by molar-refractivity contribution is 5.99. The third kappa shape index (κ3) is 3.35. The molecule has 1 N–H and O–H groups in total. The van der Waals surface area contributed by atoms with Crippen LogP contribution >= 0.6 is 0 Å². The molecule has 1 aromatic carbocycles. The summed E-state index contributed by atoms with van der Waals surface area (Å²) in [4.78, 5) is 14.0. The van der Waals surface area contributed by atoms with Gasteiger partial charge >= 0.3 is 0 Å². The molecule has 1 aliphatic rings. The fourth-order valence-corrected chi connectivity index (χ4v) is 3.02. The van der Waals surface area contributed by atoms with Crippen molar-refractivity contribution < 1.29 is 9.90 Å². The van der Waals surface area contributed by atoms with Crippen molar-refractivity contribution >= 4 is 11.5 Å². The Morgan fingerprint density at radius 2 is 1.95 bits per heavy atom. The predicted octanol–water partition coefficient (Wildman–Crippen LogP) is 3.02. The van der Waals surface area contributed by atoms with Crippen LogP contribution in [-0.2, 0) is 0 Å². The van der Waals surface area contributed by atoms with E-state index in [2.05, 4.69) is 4.90 Å². The van der Waals surface area contributed by atoms with Crippen molar-refractivity contribution in [2.45, 2.75) is 45.1 Å². The monoisotopic (exact) mass is 261 g/mol. The average molecular weight is 261 g/mol. The molecule has 0 aliphatic heterocycles. The van der Waals surface area contributed by atoms with Gasteiger partial charge in [0.05, 0.1) is 6.61 Å². The Hall–Kier alpha value is -1.35. The summed E-state index contributed by atoms with van der Waals surface area (Å²) in [7, 11) is 0. The lowest BCUT2D eigenvalue weighted by atomic mass is 9.93. The maximum atomic E-state index is 11.8. The number of rotatable bonds is 5. The highest BCUT2D eigenvalue weighted by atomic mass is 16.3. The first-order valence-corrected chi connectivity index (χ1v) is 7.21. The van der Waals surface area contributed by atoms with E-state index < -0.39 is 0 Å². The van der Waals surface area contributed by atoms with Crippen LogP contribution in [0, 0.1) is 0 Å². The fraction of sp³-hybridized carbons (Fsp3) is 0.562. The number of benzene rings is 1. The van der Waals surface area contributed by atoms with E-state index in [0.717, 1.165) is 24.1 Å². The van der Waals surface area contributed by atoms with Crippen LogP contribution in [-0.4, -0.2) is 30.1 Å². The second-order valence-corrected chi connectivity index (χ2v) is 5.28. The van der Waals surface area contributed by atoms with Gasteiger partial charge in [0.2, 0.25) is 0 Å². The van der Waals surface area contributed by atoms with E-state index in [-0.39, 0.29) is 12.4 Å². The number of carbonyl (C=O) groups is 1. The van der Waals surface area contributed by atoms with Crippen LogP contribution in [0.15, 0.2) is 24.3 Å². The van der Waals surface area contributed by atoms with Gasteiger partial charge in [0, 0.05) is 23.8 Å². The van der Waals surface area contributed by atoms with Gasteiger partial charge in [0.1, 0.15) is 0 Å². The summed E-state index contributed by atoms with van der Waals surface area (Å²) in [5.74, 6) is 0.0920. The van der Waals surface area contributed by atoms with Crippen molar-refractivity contribution in [1.82, 2.24) is 0 Å². The van der Waals surface area contributed by atoms with Gasteiger partial charge in [-0.3, -0.25) is 4.79 Å². The molecule has 19 heavy (non-hydrogen) atoms. The van der Waals surface area contributed by atoms with Gasteiger partial charge in [-0.05, 0) is 31.9 Å². The second-order valence-electron chi connectivity index (χ2n) is 5.28. The first-order chi connectivity index (χ1) is 9.24. The van der Waals surface area contributed by atoms with Crippen LogP contribution in [0.25, 0.3) is 0 Å². The first kappa shape index (κ1) is 14.1. The Labute approximate surface area is 115 Å². The number of anilines is 1. The SMILES string of the molecule is CC(=O)c1ccccc1N(CCO)C1CCCCC1. The highest BCUT2D eigenvalue weighted by Crippen LogP contribution is 2.29. The molecule has 0 aromatic heterocycles.